The SMILES string of the molecule is CCCCOc1cccc(N2C=C(CC(C)OC(=O)CCCC)N=CC2)c1. The van der Waals surface area contributed by atoms with Crippen LogP contribution in [0.2, 0.25) is 0 Å². The van der Waals surface area contributed by atoms with Crippen molar-refractivity contribution in [2.45, 2.75) is 65.4 Å². The van der Waals surface area contributed by atoms with Crippen molar-refractivity contribution in [2.24, 2.45) is 4.99 Å². The van der Waals surface area contributed by atoms with Crippen molar-refractivity contribution in [3.05, 3.63) is 36.2 Å². The summed E-state index contributed by atoms with van der Waals surface area (Å²) in [6, 6.07) is 8.11. The van der Waals surface area contributed by atoms with Crippen molar-refractivity contribution in [1.82, 2.24) is 0 Å². The van der Waals surface area contributed by atoms with E-state index in [0.717, 1.165) is 49.4 Å². The number of ether oxygens (including phenoxy) is 2. The monoisotopic (exact) mass is 372 g/mol. The van der Waals surface area contributed by atoms with Gasteiger partial charge in [0.15, 0.2) is 0 Å². The van der Waals surface area contributed by atoms with E-state index in [1.807, 2.05) is 31.5 Å². The quantitative estimate of drug-likeness (QED) is 0.400. The van der Waals surface area contributed by atoms with Gasteiger partial charge in [0.25, 0.3) is 0 Å². The summed E-state index contributed by atoms with van der Waals surface area (Å²) in [5.74, 6) is 0.759. The molecule has 2 rings (SSSR count). The van der Waals surface area contributed by atoms with Gasteiger partial charge < -0.3 is 14.4 Å². The number of rotatable bonds is 11. The number of carbonyl (C=O) groups excluding carboxylic acids is 1. The first-order valence-corrected chi connectivity index (χ1v) is 10.0. The summed E-state index contributed by atoms with van der Waals surface area (Å²) in [5.41, 5.74) is 1.98. The van der Waals surface area contributed by atoms with Crippen molar-refractivity contribution in [1.29, 1.82) is 0 Å². The predicted octanol–water partition coefficient (Wildman–Crippen LogP) is 5.11. The molecule has 1 aliphatic rings. The number of esters is 1. The minimum atomic E-state index is -0.179. The molecule has 1 atom stereocenters. The fraction of sp³-hybridized carbons (Fsp3) is 0.545. The second-order valence-corrected chi connectivity index (χ2v) is 6.89. The Morgan fingerprint density at radius 1 is 1.26 bits per heavy atom. The van der Waals surface area contributed by atoms with Gasteiger partial charge in [0.2, 0.25) is 0 Å². The molecule has 148 valence electrons. The molecule has 0 radical (unpaired) electrons. The van der Waals surface area contributed by atoms with Crippen LogP contribution in [0.3, 0.4) is 0 Å². The zero-order valence-electron chi connectivity index (χ0n) is 16.8. The van der Waals surface area contributed by atoms with Crippen LogP contribution in [0.4, 0.5) is 5.69 Å². The summed E-state index contributed by atoms with van der Waals surface area (Å²) < 4.78 is 11.3. The number of nitrogens with zero attached hydrogens (tertiary/aromatic N) is 2. The molecule has 0 N–H and O–H groups in total. The minimum absolute atomic E-state index is 0.126. The molecule has 1 aromatic rings. The van der Waals surface area contributed by atoms with Crippen molar-refractivity contribution in [3.8, 4) is 5.75 Å². The predicted molar refractivity (Wildman–Crippen MR) is 110 cm³/mol. The maximum atomic E-state index is 11.8. The molecule has 0 amide bonds. The average Bonchev–Trinajstić information content (AvgIpc) is 2.67. The molecule has 0 aliphatic carbocycles. The molecule has 1 unspecified atom stereocenters. The summed E-state index contributed by atoms with van der Waals surface area (Å²) in [7, 11) is 0. The van der Waals surface area contributed by atoms with Gasteiger partial charge >= 0.3 is 5.97 Å². The Kier molecular flexibility index (Phi) is 8.89. The van der Waals surface area contributed by atoms with Crippen molar-refractivity contribution < 1.29 is 14.3 Å². The summed E-state index contributed by atoms with van der Waals surface area (Å²) in [6.07, 6.45) is 8.88. The van der Waals surface area contributed by atoms with Gasteiger partial charge in [-0.05, 0) is 31.9 Å². The Morgan fingerprint density at radius 2 is 2.07 bits per heavy atom. The molecular formula is C22H32N2O3. The van der Waals surface area contributed by atoms with Crippen molar-refractivity contribution in [3.63, 3.8) is 0 Å². The second kappa shape index (κ2) is 11.4. The van der Waals surface area contributed by atoms with Gasteiger partial charge in [-0.1, -0.05) is 32.8 Å². The van der Waals surface area contributed by atoms with E-state index in [-0.39, 0.29) is 12.1 Å². The van der Waals surface area contributed by atoms with E-state index < -0.39 is 0 Å². The zero-order valence-corrected chi connectivity index (χ0v) is 16.8. The first-order valence-electron chi connectivity index (χ1n) is 10.0. The van der Waals surface area contributed by atoms with E-state index in [1.165, 1.54) is 0 Å². The number of unbranched alkanes of at least 4 members (excludes halogenated alkanes) is 2. The zero-order chi connectivity index (χ0) is 19.5. The van der Waals surface area contributed by atoms with Crippen LogP contribution in [0.1, 0.15) is 59.3 Å². The highest BCUT2D eigenvalue weighted by Gasteiger charge is 2.15. The smallest absolute Gasteiger partial charge is 0.306 e. The van der Waals surface area contributed by atoms with Crippen LogP contribution in [0.15, 0.2) is 41.2 Å². The highest BCUT2D eigenvalue weighted by atomic mass is 16.5. The van der Waals surface area contributed by atoms with Gasteiger partial charge in [0.05, 0.1) is 18.8 Å². The van der Waals surface area contributed by atoms with E-state index in [1.54, 1.807) is 0 Å². The minimum Gasteiger partial charge on any atom is -0.494 e. The number of hydrogen-bond acceptors (Lipinski definition) is 5. The maximum absolute atomic E-state index is 11.8. The molecule has 1 aromatic carbocycles. The molecule has 1 heterocycles. The topological polar surface area (TPSA) is 51.1 Å². The van der Waals surface area contributed by atoms with Gasteiger partial charge in [-0.15, -0.1) is 0 Å². The highest BCUT2D eigenvalue weighted by Crippen LogP contribution is 2.24. The standard InChI is InChI=1S/C22H32N2O3/c1-4-6-11-22(25)27-18(3)15-19-17-24(13-12-23-19)20-9-8-10-21(16-20)26-14-7-5-2/h8-10,12,16-18H,4-7,11,13-15H2,1-3H3. The molecule has 1 aliphatic heterocycles. The lowest BCUT2D eigenvalue weighted by molar-refractivity contribution is -0.148. The third-order valence-electron chi connectivity index (χ3n) is 4.32. The summed E-state index contributed by atoms with van der Waals surface area (Å²) in [6.45, 7) is 7.59. The summed E-state index contributed by atoms with van der Waals surface area (Å²) in [4.78, 5) is 18.4. The number of anilines is 1. The molecule has 0 saturated heterocycles. The first kappa shape index (κ1) is 21.0. The molecule has 5 nitrogen and oxygen atoms in total. The number of benzene rings is 1. The van der Waals surface area contributed by atoms with Crippen LogP contribution >= 0.6 is 0 Å². The molecule has 5 heteroatoms. The van der Waals surface area contributed by atoms with Gasteiger partial charge in [-0.3, -0.25) is 9.79 Å². The summed E-state index contributed by atoms with van der Waals surface area (Å²) >= 11 is 0. The fourth-order valence-electron chi connectivity index (χ4n) is 2.82. The molecule has 0 bridgehead atoms. The average molecular weight is 373 g/mol. The maximum Gasteiger partial charge on any atom is 0.306 e. The van der Waals surface area contributed by atoms with E-state index in [4.69, 9.17) is 9.47 Å². The largest absolute Gasteiger partial charge is 0.494 e. The van der Waals surface area contributed by atoms with Gasteiger partial charge in [0.1, 0.15) is 11.9 Å². The van der Waals surface area contributed by atoms with E-state index in [2.05, 4.69) is 35.9 Å². The highest BCUT2D eigenvalue weighted by molar-refractivity contribution is 5.71. The third kappa shape index (κ3) is 7.45. The fourth-order valence-corrected chi connectivity index (χ4v) is 2.82. The molecular weight excluding hydrogens is 340 g/mol. The Bertz CT molecular complexity index is 655. The van der Waals surface area contributed by atoms with Gasteiger partial charge in [-0.25, -0.2) is 0 Å². The molecule has 27 heavy (non-hydrogen) atoms. The summed E-state index contributed by atoms with van der Waals surface area (Å²) in [5, 5.41) is 0. The lowest BCUT2D eigenvalue weighted by Crippen LogP contribution is -2.23. The Labute approximate surface area is 163 Å². The van der Waals surface area contributed by atoms with Crippen LogP contribution in [0.5, 0.6) is 5.75 Å². The van der Waals surface area contributed by atoms with Crippen LogP contribution in [-0.2, 0) is 9.53 Å². The second-order valence-electron chi connectivity index (χ2n) is 6.89. The van der Waals surface area contributed by atoms with Crippen molar-refractivity contribution >= 4 is 17.9 Å². The van der Waals surface area contributed by atoms with E-state index in [0.29, 0.717) is 19.4 Å². The Morgan fingerprint density at radius 3 is 2.85 bits per heavy atom. The third-order valence-corrected chi connectivity index (χ3v) is 4.32. The van der Waals surface area contributed by atoms with Crippen LogP contribution in [0, 0.1) is 0 Å². The molecule has 0 saturated carbocycles. The first-order chi connectivity index (χ1) is 13.1. The normalized spacial score (nSPS) is 14.6. The molecule has 0 aromatic heterocycles. The molecule has 0 spiro atoms. The van der Waals surface area contributed by atoms with Crippen LogP contribution < -0.4 is 9.64 Å². The molecule has 0 fully saturated rings. The van der Waals surface area contributed by atoms with Gasteiger partial charge in [0, 0.05) is 37.0 Å². The lowest BCUT2D eigenvalue weighted by Gasteiger charge is -2.24. The van der Waals surface area contributed by atoms with Crippen molar-refractivity contribution in [2.75, 3.05) is 18.1 Å². The van der Waals surface area contributed by atoms with E-state index >= 15 is 0 Å². The number of carbonyl (C=O) groups is 1. The number of aliphatic imine (C=N–C) groups is 1. The number of hydrogen-bond donors (Lipinski definition) is 0. The van der Waals surface area contributed by atoms with E-state index in [9.17, 15) is 4.79 Å². The van der Waals surface area contributed by atoms with Crippen LogP contribution in [0.25, 0.3) is 0 Å². The Balaban J connectivity index is 1.94. The van der Waals surface area contributed by atoms with Gasteiger partial charge in [-0.2, -0.15) is 0 Å². The lowest BCUT2D eigenvalue weighted by atomic mass is 10.2. The Hall–Kier alpha value is -2.30. The van der Waals surface area contributed by atoms with Crippen LogP contribution in [-0.4, -0.2) is 31.4 Å².